The zero-order chi connectivity index (χ0) is 23.6. The van der Waals surface area contributed by atoms with Crippen molar-refractivity contribution >= 4 is 17.6 Å². The van der Waals surface area contributed by atoms with Crippen molar-refractivity contribution in [2.24, 2.45) is 5.41 Å². The Hall–Kier alpha value is -3.00. The highest BCUT2D eigenvalue weighted by Gasteiger charge is 2.34. The zero-order valence-electron chi connectivity index (χ0n) is 19.8. The summed E-state index contributed by atoms with van der Waals surface area (Å²) in [4.78, 5) is 44.4. The molecule has 2 aromatic rings. The summed E-state index contributed by atoms with van der Waals surface area (Å²) in [5.74, 6) is 0.0953. The number of likely N-dealkylation sites (N-methyl/N-ethyl adjacent to an activating group) is 1. The van der Waals surface area contributed by atoms with Crippen molar-refractivity contribution < 1.29 is 14.4 Å². The minimum absolute atomic E-state index is 0.00242. The van der Waals surface area contributed by atoms with Crippen molar-refractivity contribution in [3.8, 4) is 11.4 Å². The van der Waals surface area contributed by atoms with Crippen LogP contribution in [0.5, 0.6) is 0 Å². The summed E-state index contributed by atoms with van der Waals surface area (Å²) >= 11 is 0. The highest BCUT2D eigenvalue weighted by Crippen LogP contribution is 2.27. The van der Waals surface area contributed by atoms with Crippen LogP contribution in [-0.2, 0) is 17.9 Å². The van der Waals surface area contributed by atoms with Crippen molar-refractivity contribution in [1.82, 2.24) is 25.1 Å². The van der Waals surface area contributed by atoms with E-state index in [4.69, 9.17) is 4.98 Å². The molecule has 172 valence electrons. The van der Waals surface area contributed by atoms with Crippen molar-refractivity contribution in [3.05, 3.63) is 41.2 Å². The van der Waals surface area contributed by atoms with Crippen molar-refractivity contribution in [2.75, 3.05) is 20.6 Å². The number of carbonyl (C=O) groups is 3. The first kappa shape index (κ1) is 23.7. The lowest BCUT2D eigenvalue weighted by molar-refractivity contribution is -0.124. The SMILES string of the molecule is CNC(=O)C(NC(=O)c1nc(-c2ccc(C(C)=O)cc2)n2c1CN(C)CCC2)C(C)(C)C. The van der Waals surface area contributed by atoms with Crippen LogP contribution in [0.4, 0.5) is 0 Å². The summed E-state index contributed by atoms with van der Waals surface area (Å²) in [5, 5.41) is 5.55. The second-order valence-electron chi connectivity index (χ2n) is 9.49. The van der Waals surface area contributed by atoms with Crippen LogP contribution in [0.25, 0.3) is 11.4 Å². The molecular formula is C24H33N5O3. The molecule has 0 fully saturated rings. The van der Waals surface area contributed by atoms with Gasteiger partial charge in [0, 0.05) is 31.3 Å². The molecule has 8 nitrogen and oxygen atoms in total. The van der Waals surface area contributed by atoms with Gasteiger partial charge in [0.25, 0.3) is 5.91 Å². The second-order valence-corrected chi connectivity index (χ2v) is 9.49. The van der Waals surface area contributed by atoms with Crippen molar-refractivity contribution in [1.29, 1.82) is 0 Å². The molecular weight excluding hydrogens is 406 g/mol. The van der Waals surface area contributed by atoms with Gasteiger partial charge in [-0.15, -0.1) is 0 Å². The minimum Gasteiger partial charge on any atom is -0.357 e. The topological polar surface area (TPSA) is 96.3 Å². The number of nitrogens with zero attached hydrogens (tertiary/aromatic N) is 3. The number of fused-ring (bicyclic) bond motifs is 1. The van der Waals surface area contributed by atoms with Crippen LogP contribution in [0, 0.1) is 5.41 Å². The molecule has 0 saturated heterocycles. The Morgan fingerprint density at radius 3 is 2.31 bits per heavy atom. The van der Waals surface area contributed by atoms with Gasteiger partial charge >= 0.3 is 0 Å². The molecule has 0 saturated carbocycles. The molecule has 1 aliphatic rings. The highest BCUT2D eigenvalue weighted by atomic mass is 16.2. The summed E-state index contributed by atoms with van der Waals surface area (Å²) in [6.45, 7) is 9.51. The maximum atomic E-state index is 13.4. The van der Waals surface area contributed by atoms with Crippen molar-refractivity contribution in [2.45, 2.75) is 53.2 Å². The number of benzene rings is 1. The monoisotopic (exact) mass is 439 g/mol. The first-order chi connectivity index (χ1) is 15.0. The fraction of sp³-hybridized carbons (Fsp3) is 0.500. The molecule has 3 rings (SSSR count). The van der Waals surface area contributed by atoms with Crippen LogP contribution in [0.15, 0.2) is 24.3 Å². The molecule has 0 radical (unpaired) electrons. The minimum atomic E-state index is -0.695. The van der Waals surface area contributed by atoms with Gasteiger partial charge in [-0.1, -0.05) is 45.0 Å². The molecule has 1 aromatic heterocycles. The summed E-state index contributed by atoms with van der Waals surface area (Å²) in [6, 6.07) is 6.60. The van der Waals surface area contributed by atoms with E-state index in [2.05, 4.69) is 20.1 Å². The Kier molecular flexibility index (Phi) is 6.83. The molecule has 1 unspecified atom stereocenters. The molecule has 1 atom stereocenters. The number of hydrogen-bond donors (Lipinski definition) is 2. The zero-order valence-corrected chi connectivity index (χ0v) is 19.8. The Morgan fingerprint density at radius 2 is 1.75 bits per heavy atom. The van der Waals surface area contributed by atoms with Crippen LogP contribution in [0.3, 0.4) is 0 Å². The fourth-order valence-electron chi connectivity index (χ4n) is 4.00. The largest absolute Gasteiger partial charge is 0.357 e. The molecule has 2 amide bonds. The second kappa shape index (κ2) is 9.24. The van der Waals surface area contributed by atoms with Gasteiger partial charge in [0.15, 0.2) is 11.5 Å². The van der Waals surface area contributed by atoms with E-state index in [1.807, 2.05) is 40.0 Å². The van der Waals surface area contributed by atoms with Gasteiger partial charge in [-0.05, 0) is 32.4 Å². The van der Waals surface area contributed by atoms with Gasteiger partial charge < -0.3 is 20.1 Å². The maximum Gasteiger partial charge on any atom is 0.272 e. The van der Waals surface area contributed by atoms with Crippen LogP contribution >= 0.6 is 0 Å². The lowest BCUT2D eigenvalue weighted by Gasteiger charge is -2.29. The van der Waals surface area contributed by atoms with Gasteiger partial charge in [0.05, 0.1) is 5.69 Å². The van der Waals surface area contributed by atoms with E-state index in [1.165, 1.54) is 6.92 Å². The third kappa shape index (κ3) is 4.91. The van der Waals surface area contributed by atoms with E-state index < -0.39 is 11.5 Å². The molecule has 8 heteroatoms. The summed E-state index contributed by atoms with van der Waals surface area (Å²) < 4.78 is 2.09. The van der Waals surface area contributed by atoms with E-state index in [1.54, 1.807) is 19.2 Å². The van der Waals surface area contributed by atoms with Crippen molar-refractivity contribution in [3.63, 3.8) is 0 Å². The predicted molar refractivity (Wildman–Crippen MR) is 123 cm³/mol. The highest BCUT2D eigenvalue weighted by molar-refractivity contribution is 5.98. The molecule has 2 heterocycles. The molecule has 0 bridgehead atoms. The van der Waals surface area contributed by atoms with E-state index >= 15 is 0 Å². The first-order valence-corrected chi connectivity index (χ1v) is 10.9. The number of imidazole rings is 1. The number of ketones is 1. The van der Waals surface area contributed by atoms with E-state index in [0.717, 1.165) is 30.8 Å². The molecule has 1 aliphatic heterocycles. The van der Waals surface area contributed by atoms with Gasteiger partial charge in [0.1, 0.15) is 11.9 Å². The predicted octanol–water partition coefficient (Wildman–Crippen LogP) is 2.48. The Labute approximate surface area is 189 Å². The van der Waals surface area contributed by atoms with E-state index in [0.29, 0.717) is 23.6 Å². The number of aromatic nitrogens is 2. The number of hydrogen-bond acceptors (Lipinski definition) is 5. The average molecular weight is 440 g/mol. The summed E-state index contributed by atoms with van der Waals surface area (Å²) in [5.41, 5.74) is 2.18. The Balaban J connectivity index is 2.05. The van der Waals surface area contributed by atoms with Gasteiger partial charge in [0.2, 0.25) is 5.91 Å². The normalized spacial score (nSPS) is 15.4. The molecule has 2 N–H and O–H groups in total. The summed E-state index contributed by atoms with van der Waals surface area (Å²) in [7, 11) is 3.59. The standard InChI is InChI=1S/C24H33N5O3/c1-15(30)16-8-10-17(11-9-16)21-26-19(18-14-28(6)12-7-13-29(18)21)22(31)27-20(23(32)25-5)24(2,3)4/h8-11,20H,7,12-14H2,1-6H3,(H,25,32)(H,27,31). The van der Waals surface area contributed by atoms with Crippen LogP contribution < -0.4 is 10.6 Å². The number of amides is 2. The maximum absolute atomic E-state index is 13.4. The molecule has 1 aromatic carbocycles. The third-order valence-corrected chi connectivity index (χ3v) is 5.83. The fourth-order valence-corrected chi connectivity index (χ4v) is 4.00. The van der Waals surface area contributed by atoms with E-state index in [-0.39, 0.29) is 17.6 Å². The number of rotatable bonds is 5. The smallest absolute Gasteiger partial charge is 0.272 e. The van der Waals surface area contributed by atoms with Crippen LogP contribution in [0.2, 0.25) is 0 Å². The van der Waals surface area contributed by atoms with Crippen LogP contribution in [0.1, 0.15) is 60.7 Å². The first-order valence-electron chi connectivity index (χ1n) is 10.9. The third-order valence-electron chi connectivity index (χ3n) is 5.83. The quantitative estimate of drug-likeness (QED) is 0.698. The van der Waals surface area contributed by atoms with Crippen LogP contribution in [-0.4, -0.2) is 58.7 Å². The van der Waals surface area contributed by atoms with Gasteiger partial charge in [-0.3, -0.25) is 14.4 Å². The molecule has 32 heavy (non-hydrogen) atoms. The van der Waals surface area contributed by atoms with Gasteiger partial charge in [-0.25, -0.2) is 4.98 Å². The average Bonchev–Trinajstić information content (AvgIpc) is 2.97. The number of nitrogens with one attached hydrogen (secondary N) is 2. The number of carbonyl (C=O) groups excluding carboxylic acids is 3. The lowest BCUT2D eigenvalue weighted by Crippen LogP contribution is -2.53. The Morgan fingerprint density at radius 1 is 1.09 bits per heavy atom. The van der Waals surface area contributed by atoms with E-state index in [9.17, 15) is 14.4 Å². The molecule has 0 aliphatic carbocycles. The Bertz CT molecular complexity index is 1020. The molecule has 0 spiro atoms. The number of Topliss-reactive ketones (excluding diaryl/α,β-unsaturated/α-hetero) is 1. The van der Waals surface area contributed by atoms with Gasteiger partial charge in [-0.2, -0.15) is 0 Å². The summed E-state index contributed by atoms with van der Waals surface area (Å²) in [6.07, 6.45) is 0.933. The lowest BCUT2D eigenvalue weighted by atomic mass is 9.86.